The summed E-state index contributed by atoms with van der Waals surface area (Å²) in [5.41, 5.74) is 3.24. The molecule has 2 aromatic carbocycles. The lowest BCUT2D eigenvalue weighted by Gasteiger charge is -2.31. The number of anilines is 1. The number of rotatable bonds is 9. The third kappa shape index (κ3) is 5.78. The third-order valence-electron chi connectivity index (χ3n) is 7.07. The van der Waals surface area contributed by atoms with Gasteiger partial charge in [0.2, 0.25) is 11.8 Å². The van der Waals surface area contributed by atoms with E-state index in [1.54, 1.807) is 12.0 Å². The molecule has 2 saturated heterocycles. The lowest BCUT2D eigenvalue weighted by atomic mass is 9.92. The number of hydrogen-bond donors (Lipinski definition) is 0. The van der Waals surface area contributed by atoms with Crippen LogP contribution in [0.5, 0.6) is 5.75 Å². The van der Waals surface area contributed by atoms with E-state index in [0.717, 1.165) is 56.0 Å². The van der Waals surface area contributed by atoms with Crippen molar-refractivity contribution in [3.63, 3.8) is 0 Å². The molecule has 0 N–H and O–H groups in total. The minimum Gasteiger partial charge on any atom is -0.497 e. The van der Waals surface area contributed by atoms with Crippen LogP contribution in [0.1, 0.15) is 43.4 Å². The van der Waals surface area contributed by atoms with E-state index in [9.17, 15) is 9.59 Å². The third-order valence-corrected chi connectivity index (χ3v) is 7.07. The number of carbonyl (C=O) groups is 2. The fourth-order valence-corrected chi connectivity index (χ4v) is 5.09. The number of nitrogens with zero attached hydrogens (tertiary/aromatic N) is 3. The summed E-state index contributed by atoms with van der Waals surface area (Å²) in [5.74, 6) is 0.431. The summed E-state index contributed by atoms with van der Waals surface area (Å²) < 4.78 is 10.7. The Morgan fingerprint density at radius 2 is 1.77 bits per heavy atom. The van der Waals surface area contributed by atoms with Gasteiger partial charge in [0.15, 0.2) is 0 Å². The van der Waals surface area contributed by atoms with E-state index in [0.29, 0.717) is 13.1 Å². The van der Waals surface area contributed by atoms with Crippen LogP contribution < -0.4 is 9.64 Å². The van der Waals surface area contributed by atoms with E-state index in [-0.39, 0.29) is 24.3 Å². The van der Waals surface area contributed by atoms with Gasteiger partial charge in [-0.05, 0) is 41.8 Å². The molecule has 2 aliphatic rings. The Morgan fingerprint density at radius 3 is 2.40 bits per heavy atom. The highest BCUT2D eigenvalue weighted by atomic mass is 16.5. The second-order valence-electron chi connectivity index (χ2n) is 9.43. The number of ether oxygens (including phenoxy) is 2. The van der Waals surface area contributed by atoms with Crippen molar-refractivity contribution in [3.8, 4) is 5.75 Å². The van der Waals surface area contributed by atoms with Crippen LogP contribution in [0.15, 0.2) is 48.5 Å². The van der Waals surface area contributed by atoms with Crippen molar-refractivity contribution in [1.29, 1.82) is 0 Å². The monoisotopic (exact) mass is 479 g/mol. The summed E-state index contributed by atoms with van der Waals surface area (Å²) in [4.78, 5) is 32.6. The summed E-state index contributed by atoms with van der Waals surface area (Å²) >= 11 is 0. The van der Waals surface area contributed by atoms with Crippen molar-refractivity contribution >= 4 is 17.5 Å². The van der Waals surface area contributed by atoms with Crippen molar-refractivity contribution in [2.24, 2.45) is 5.92 Å². The van der Waals surface area contributed by atoms with Crippen LogP contribution >= 0.6 is 0 Å². The van der Waals surface area contributed by atoms with Gasteiger partial charge in [-0.15, -0.1) is 0 Å². The lowest BCUT2D eigenvalue weighted by Crippen LogP contribution is -2.37. The number of hydrogen-bond acceptors (Lipinski definition) is 5. The molecular weight excluding hydrogens is 442 g/mol. The number of unbranched alkanes of at least 4 members (excludes halogenated alkanes) is 1. The van der Waals surface area contributed by atoms with Crippen molar-refractivity contribution in [2.75, 3.05) is 51.9 Å². The van der Waals surface area contributed by atoms with E-state index >= 15 is 0 Å². The van der Waals surface area contributed by atoms with Crippen LogP contribution in [0.2, 0.25) is 0 Å². The first-order valence-corrected chi connectivity index (χ1v) is 12.6. The van der Waals surface area contributed by atoms with Gasteiger partial charge < -0.3 is 24.2 Å². The maximum Gasteiger partial charge on any atom is 0.228 e. The second-order valence-corrected chi connectivity index (χ2v) is 9.43. The minimum atomic E-state index is -0.398. The van der Waals surface area contributed by atoms with Gasteiger partial charge in [0.25, 0.3) is 0 Å². The first-order chi connectivity index (χ1) is 17.0. The number of likely N-dealkylation sites (tertiary alicyclic amines) is 1. The summed E-state index contributed by atoms with van der Waals surface area (Å²) in [6.45, 7) is 6.60. The van der Waals surface area contributed by atoms with Crippen LogP contribution in [-0.4, -0.2) is 68.6 Å². The number of benzene rings is 2. The van der Waals surface area contributed by atoms with Crippen LogP contribution in [0, 0.1) is 5.92 Å². The smallest absolute Gasteiger partial charge is 0.228 e. The Labute approximate surface area is 208 Å². The number of methoxy groups -OCH3 is 1. The predicted molar refractivity (Wildman–Crippen MR) is 136 cm³/mol. The Morgan fingerprint density at radius 1 is 1.09 bits per heavy atom. The zero-order valence-corrected chi connectivity index (χ0v) is 21.1. The molecule has 2 heterocycles. The molecule has 4 rings (SSSR count). The second kappa shape index (κ2) is 11.6. The first kappa shape index (κ1) is 25.0. The van der Waals surface area contributed by atoms with Gasteiger partial charge in [-0.25, -0.2) is 0 Å². The Hall–Kier alpha value is -3.06. The molecular formula is C28H37N3O4. The average Bonchev–Trinajstić information content (AvgIpc) is 3.23. The molecule has 2 atom stereocenters. The molecule has 7 nitrogen and oxygen atoms in total. The highest BCUT2D eigenvalue weighted by Crippen LogP contribution is 2.40. The lowest BCUT2D eigenvalue weighted by molar-refractivity contribution is -0.135. The molecule has 2 amide bonds. The Bertz CT molecular complexity index is 986. The van der Waals surface area contributed by atoms with Gasteiger partial charge >= 0.3 is 0 Å². The molecule has 2 unspecified atom stereocenters. The zero-order chi connectivity index (χ0) is 24.8. The van der Waals surface area contributed by atoms with Crippen molar-refractivity contribution in [3.05, 3.63) is 59.7 Å². The van der Waals surface area contributed by atoms with Crippen LogP contribution in [0.25, 0.3) is 0 Å². The standard InChI is InChI=1S/C28H37N3O4/c1-4-5-14-31-26(32)19-25(27(31)22-8-12-24(34-3)13-9-22)28(33)29(2)20-21-6-10-23(11-7-21)30-15-17-35-18-16-30/h6-13,25,27H,4-5,14-20H2,1-3H3. The molecule has 0 spiro atoms. The summed E-state index contributed by atoms with van der Waals surface area (Å²) in [5, 5.41) is 0. The molecule has 35 heavy (non-hydrogen) atoms. The largest absolute Gasteiger partial charge is 0.497 e. The number of amides is 2. The molecule has 2 fully saturated rings. The van der Waals surface area contributed by atoms with E-state index < -0.39 is 5.92 Å². The molecule has 0 bridgehead atoms. The van der Waals surface area contributed by atoms with Gasteiger partial charge in [0.05, 0.1) is 32.3 Å². The molecule has 0 aromatic heterocycles. The Kier molecular flexibility index (Phi) is 8.29. The highest BCUT2D eigenvalue weighted by Gasteiger charge is 2.45. The van der Waals surface area contributed by atoms with Crippen LogP contribution in [0.3, 0.4) is 0 Å². The van der Waals surface area contributed by atoms with Crippen molar-refractivity contribution in [2.45, 2.75) is 38.8 Å². The summed E-state index contributed by atoms with van der Waals surface area (Å²) in [6, 6.07) is 15.9. The van der Waals surface area contributed by atoms with Crippen LogP contribution in [-0.2, 0) is 20.9 Å². The topological polar surface area (TPSA) is 62.3 Å². The van der Waals surface area contributed by atoms with E-state index in [1.807, 2.05) is 36.2 Å². The molecule has 188 valence electrons. The first-order valence-electron chi connectivity index (χ1n) is 12.6. The van der Waals surface area contributed by atoms with Crippen molar-refractivity contribution in [1.82, 2.24) is 9.80 Å². The van der Waals surface area contributed by atoms with Gasteiger partial charge in [0, 0.05) is 45.3 Å². The van der Waals surface area contributed by atoms with E-state index in [1.165, 1.54) is 5.69 Å². The van der Waals surface area contributed by atoms with Gasteiger partial charge in [-0.3, -0.25) is 9.59 Å². The fourth-order valence-electron chi connectivity index (χ4n) is 5.09. The SMILES string of the molecule is CCCCN1C(=O)CC(C(=O)N(C)Cc2ccc(N3CCOCC3)cc2)C1c1ccc(OC)cc1. The normalized spacial score (nSPS) is 20.3. The molecule has 0 saturated carbocycles. The fraction of sp³-hybridized carbons (Fsp3) is 0.500. The zero-order valence-electron chi connectivity index (χ0n) is 21.1. The van der Waals surface area contributed by atoms with Crippen LogP contribution in [0.4, 0.5) is 5.69 Å². The predicted octanol–water partition coefficient (Wildman–Crippen LogP) is 3.88. The molecule has 0 radical (unpaired) electrons. The quantitative estimate of drug-likeness (QED) is 0.546. The molecule has 2 aliphatic heterocycles. The highest BCUT2D eigenvalue weighted by molar-refractivity contribution is 5.90. The number of morpholine rings is 1. The number of carbonyl (C=O) groups excluding carboxylic acids is 2. The minimum absolute atomic E-state index is 0.00965. The van der Waals surface area contributed by atoms with Gasteiger partial charge in [-0.2, -0.15) is 0 Å². The maximum atomic E-state index is 13.6. The van der Waals surface area contributed by atoms with Gasteiger partial charge in [-0.1, -0.05) is 37.6 Å². The molecule has 0 aliphatic carbocycles. The van der Waals surface area contributed by atoms with Gasteiger partial charge in [0.1, 0.15) is 5.75 Å². The van der Waals surface area contributed by atoms with Crippen molar-refractivity contribution < 1.29 is 19.1 Å². The molecule has 7 heteroatoms. The molecule has 2 aromatic rings. The average molecular weight is 480 g/mol. The summed E-state index contributed by atoms with van der Waals surface area (Å²) in [7, 11) is 3.47. The van der Waals surface area contributed by atoms with E-state index in [2.05, 4.69) is 36.1 Å². The Balaban J connectivity index is 1.48. The maximum absolute atomic E-state index is 13.6. The summed E-state index contributed by atoms with van der Waals surface area (Å²) in [6.07, 6.45) is 2.17. The van der Waals surface area contributed by atoms with E-state index in [4.69, 9.17) is 9.47 Å².